The number of fused-ring (bicyclic) bond motifs is 1. The Hall–Kier alpha value is -4.75. The van der Waals surface area contributed by atoms with E-state index < -0.39 is 47.8 Å². The van der Waals surface area contributed by atoms with Crippen LogP contribution in [0.25, 0.3) is 16.6 Å². The van der Waals surface area contributed by atoms with Gasteiger partial charge in [-0.2, -0.15) is 13.2 Å². The van der Waals surface area contributed by atoms with E-state index >= 15 is 0 Å². The summed E-state index contributed by atoms with van der Waals surface area (Å²) >= 11 is 0. The summed E-state index contributed by atoms with van der Waals surface area (Å²) in [6, 6.07) is 10.0. The number of aromatic carboxylic acids is 1. The summed E-state index contributed by atoms with van der Waals surface area (Å²) in [6.45, 7) is 0. The van der Waals surface area contributed by atoms with Crippen LogP contribution in [0.4, 0.5) is 26.3 Å². The zero-order chi connectivity index (χ0) is 27.8. The van der Waals surface area contributed by atoms with Gasteiger partial charge in [0.2, 0.25) is 5.88 Å². The fourth-order valence-corrected chi connectivity index (χ4v) is 3.76. The zero-order valence-electron chi connectivity index (χ0n) is 18.7. The molecule has 2 heterocycles. The van der Waals surface area contributed by atoms with Gasteiger partial charge in [0.25, 0.3) is 0 Å². The van der Waals surface area contributed by atoms with Crippen molar-refractivity contribution in [1.29, 1.82) is 0 Å². The second kappa shape index (κ2) is 9.61. The Morgan fingerprint density at radius 2 is 1.55 bits per heavy atom. The van der Waals surface area contributed by atoms with Crippen LogP contribution in [0.3, 0.4) is 0 Å². The molecule has 0 atom stereocenters. The van der Waals surface area contributed by atoms with Gasteiger partial charge >= 0.3 is 24.5 Å². The van der Waals surface area contributed by atoms with Gasteiger partial charge in [-0.3, -0.25) is 4.79 Å². The monoisotopic (exact) mass is 540 g/mol. The topological polar surface area (TPSA) is 111 Å². The SMILES string of the molecule is O=C(O)Cc1c(C(=O)O)c2cc(Oc3ccc(C(F)(F)F)cn3)ccc2n1-c1ccc(OC(F)(F)F)cc1. The Kier molecular flexibility index (Phi) is 6.65. The van der Waals surface area contributed by atoms with Gasteiger partial charge in [-0.1, -0.05) is 0 Å². The molecule has 0 bridgehead atoms. The molecule has 2 N–H and O–H groups in total. The molecular weight excluding hydrogens is 526 g/mol. The lowest BCUT2D eigenvalue weighted by atomic mass is 10.1. The third kappa shape index (κ3) is 5.63. The maximum absolute atomic E-state index is 12.8. The number of rotatable bonds is 7. The number of carboxylic acid groups (broad SMARTS) is 2. The molecule has 0 amide bonds. The molecule has 4 rings (SSSR count). The number of ether oxygens (including phenoxy) is 2. The summed E-state index contributed by atoms with van der Waals surface area (Å²) in [4.78, 5) is 27.3. The van der Waals surface area contributed by atoms with Crippen molar-refractivity contribution in [2.75, 3.05) is 0 Å². The minimum Gasteiger partial charge on any atom is -0.481 e. The molecule has 0 saturated heterocycles. The molecule has 0 spiro atoms. The maximum atomic E-state index is 12.8. The smallest absolute Gasteiger partial charge is 0.481 e. The molecular formula is C24H14F6N2O6. The van der Waals surface area contributed by atoms with Crippen LogP contribution in [0.2, 0.25) is 0 Å². The van der Waals surface area contributed by atoms with Crippen LogP contribution in [-0.2, 0) is 17.4 Å². The number of pyridine rings is 1. The number of aromatic nitrogens is 2. The highest BCUT2D eigenvalue weighted by atomic mass is 19.4. The number of hydrogen-bond donors (Lipinski definition) is 2. The second-order valence-electron chi connectivity index (χ2n) is 7.74. The van der Waals surface area contributed by atoms with E-state index in [0.29, 0.717) is 6.20 Å². The van der Waals surface area contributed by atoms with Gasteiger partial charge in [0.1, 0.15) is 11.5 Å². The van der Waals surface area contributed by atoms with Crippen molar-refractivity contribution in [3.05, 3.63) is 77.6 Å². The predicted octanol–water partition coefficient (Wildman–Crippen LogP) is 6.06. The average Bonchev–Trinajstić information content (AvgIpc) is 3.11. The number of hydrogen-bond acceptors (Lipinski definition) is 5. The minimum absolute atomic E-state index is 0.00813. The summed E-state index contributed by atoms with van der Waals surface area (Å²) in [6.07, 6.45) is -9.75. The van der Waals surface area contributed by atoms with Gasteiger partial charge in [-0.05, 0) is 48.5 Å². The number of benzene rings is 2. The fourth-order valence-electron chi connectivity index (χ4n) is 3.76. The predicted molar refractivity (Wildman–Crippen MR) is 118 cm³/mol. The van der Waals surface area contributed by atoms with E-state index in [9.17, 15) is 46.1 Å². The molecule has 0 saturated carbocycles. The average molecular weight is 540 g/mol. The van der Waals surface area contributed by atoms with E-state index in [-0.39, 0.29) is 33.9 Å². The summed E-state index contributed by atoms with van der Waals surface area (Å²) in [5.74, 6) is -3.65. The molecule has 0 aliphatic rings. The summed E-state index contributed by atoms with van der Waals surface area (Å²) in [5, 5.41) is 19.3. The van der Waals surface area contributed by atoms with Crippen molar-refractivity contribution in [2.45, 2.75) is 19.0 Å². The minimum atomic E-state index is -4.94. The third-order valence-corrected chi connectivity index (χ3v) is 5.18. The zero-order valence-corrected chi connectivity index (χ0v) is 18.7. The van der Waals surface area contributed by atoms with Gasteiger partial charge < -0.3 is 24.3 Å². The lowest BCUT2D eigenvalue weighted by Gasteiger charge is -2.13. The molecule has 0 unspecified atom stereocenters. The van der Waals surface area contributed by atoms with Crippen molar-refractivity contribution in [3.63, 3.8) is 0 Å². The van der Waals surface area contributed by atoms with Crippen LogP contribution >= 0.6 is 0 Å². The number of alkyl halides is 6. The Labute approximate surface area is 208 Å². The van der Waals surface area contributed by atoms with E-state index in [1.165, 1.54) is 34.9 Å². The molecule has 0 aliphatic carbocycles. The normalized spacial score (nSPS) is 11.9. The molecule has 14 heteroatoms. The van der Waals surface area contributed by atoms with E-state index in [1.807, 2.05) is 0 Å². The first kappa shape index (κ1) is 26.3. The molecule has 0 radical (unpaired) electrons. The van der Waals surface area contributed by atoms with E-state index in [1.54, 1.807) is 0 Å². The van der Waals surface area contributed by atoms with Gasteiger partial charge in [0, 0.05) is 29.0 Å². The Morgan fingerprint density at radius 3 is 2.08 bits per heavy atom. The Bertz CT molecular complexity index is 1510. The number of nitrogens with zero attached hydrogens (tertiary/aromatic N) is 2. The van der Waals surface area contributed by atoms with Gasteiger partial charge in [-0.15, -0.1) is 13.2 Å². The van der Waals surface area contributed by atoms with Crippen LogP contribution in [0.1, 0.15) is 21.6 Å². The highest BCUT2D eigenvalue weighted by Crippen LogP contribution is 2.35. The van der Waals surface area contributed by atoms with Crippen molar-refractivity contribution in [1.82, 2.24) is 9.55 Å². The highest BCUT2D eigenvalue weighted by molar-refractivity contribution is 6.07. The van der Waals surface area contributed by atoms with Crippen LogP contribution in [-0.4, -0.2) is 38.1 Å². The molecule has 0 aliphatic heterocycles. The number of carboxylic acids is 2. The third-order valence-electron chi connectivity index (χ3n) is 5.18. The van der Waals surface area contributed by atoms with Crippen molar-refractivity contribution >= 4 is 22.8 Å². The quantitative estimate of drug-likeness (QED) is 0.274. The van der Waals surface area contributed by atoms with Gasteiger partial charge in [-0.25, -0.2) is 9.78 Å². The Morgan fingerprint density at radius 1 is 0.895 bits per heavy atom. The number of halogens is 6. The highest BCUT2D eigenvalue weighted by Gasteiger charge is 2.32. The fraction of sp³-hybridized carbons (Fsp3) is 0.125. The van der Waals surface area contributed by atoms with Crippen LogP contribution in [0.5, 0.6) is 17.4 Å². The first-order valence-electron chi connectivity index (χ1n) is 10.4. The first-order valence-corrected chi connectivity index (χ1v) is 10.4. The van der Waals surface area contributed by atoms with Crippen molar-refractivity contribution < 1.29 is 55.6 Å². The number of aliphatic carboxylic acids is 1. The largest absolute Gasteiger partial charge is 0.573 e. The molecule has 198 valence electrons. The Balaban J connectivity index is 1.81. The number of carbonyl (C=O) groups is 2. The summed E-state index contributed by atoms with van der Waals surface area (Å²) in [5.41, 5.74) is -1.28. The van der Waals surface area contributed by atoms with E-state index in [0.717, 1.165) is 24.3 Å². The lowest BCUT2D eigenvalue weighted by molar-refractivity contribution is -0.274. The molecule has 2 aromatic heterocycles. The van der Waals surface area contributed by atoms with Crippen molar-refractivity contribution in [3.8, 4) is 23.1 Å². The molecule has 8 nitrogen and oxygen atoms in total. The molecule has 4 aromatic rings. The van der Waals surface area contributed by atoms with Crippen molar-refractivity contribution in [2.24, 2.45) is 0 Å². The maximum Gasteiger partial charge on any atom is 0.573 e. The molecule has 0 fully saturated rings. The van der Waals surface area contributed by atoms with Gasteiger partial charge in [0.05, 0.1) is 23.1 Å². The standard InChI is InChI=1S/C24H14F6N2O6/c25-23(26,27)12-1-8-19(31-11-12)37-15-6-7-17-16(9-15)21(22(35)36)18(10-20(33)34)32(17)13-2-4-14(5-3-13)38-24(28,29)30/h1-9,11H,10H2,(H,33,34)(H,35,36). The van der Waals surface area contributed by atoms with E-state index in [4.69, 9.17) is 4.74 Å². The van der Waals surface area contributed by atoms with Crippen LogP contribution in [0.15, 0.2) is 60.8 Å². The lowest BCUT2D eigenvalue weighted by Crippen LogP contribution is -2.17. The second-order valence-corrected chi connectivity index (χ2v) is 7.74. The van der Waals surface area contributed by atoms with E-state index in [2.05, 4.69) is 9.72 Å². The van der Waals surface area contributed by atoms with Gasteiger partial charge in [0.15, 0.2) is 0 Å². The van der Waals surface area contributed by atoms with Crippen LogP contribution < -0.4 is 9.47 Å². The molecule has 38 heavy (non-hydrogen) atoms. The van der Waals surface area contributed by atoms with Crippen LogP contribution in [0, 0.1) is 0 Å². The summed E-state index contributed by atoms with van der Waals surface area (Å²) < 4.78 is 86.4. The molecule has 2 aromatic carbocycles. The first-order chi connectivity index (χ1) is 17.7. The summed E-state index contributed by atoms with van der Waals surface area (Å²) in [7, 11) is 0.